The van der Waals surface area contributed by atoms with Crippen LogP contribution in [0.5, 0.6) is 0 Å². The Hall–Kier alpha value is -1.58. The predicted octanol–water partition coefficient (Wildman–Crippen LogP) is 3.64. The topological polar surface area (TPSA) is 32.3 Å². The van der Waals surface area contributed by atoms with Crippen LogP contribution in [-0.2, 0) is 5.54 Å². The van der Waals surface area contributed by atoms with Crippen molar-refractivity contribution in [2.75, 3.05) is 6.54 Å². The summed E-state index contributed by atoms with van der Waals surface area (Å²) in [4.78, 5) is 14.3. The van der Waals surface area contributed by atoms with Crippen molar-refractivity contribution < 1.29 is 9.18 Å². The Balaban J connectivity index is 2.07. The van der Waals surface area contributed by atoms with E-state index in [0.717, 1.165) is 24.9 Å². The van der Waals surface area contributed by atoms with Crippen LogP contribution in [0.3, 0.4) is 0 Å². The highest BCUT2D eigenvalue weighted by Crippen LogP contribution is 2.22. The minimum atomic E-state index is -0.512. The van der Waals surface area contributed by atoms with Gasteiger partial charge >= 0.3 is 6.03 Å². The molecule has 1 unspecified atom stereocenters. The summed E-state index contributed by atoms with van der Waals surface area (Å²) in [5.41, 5.74) is 0.388. The number of hydrogen-bond donors (Lipinski definition) is 1. The Morgan fingerprint density at radius 1 is 1.30 bits per heavy atom. The van der Waals surface area contributed by atoms with Crippen molar-refractivity contribution in [2.24, 2.45) is 0 Å². The first-order valence-corrected chi connectivity index (χ1v) is 7.25. The normalized spacial score (nSPS) is 19.8. The first kappa shape index (κ1) is 14.8. The first-order valence-electron chi connectivity index (χ1n) is 7.25. The maximum atomic E-state index is 13.0. The van der Waals surface area contributed by atoms with Gasteiger partial charge in [0.2, 0.25) is 0 Å². The van der Waals surface area contributed by atoms with E-state index in [4.69, 9.17) is 0 Å². The van der Waals surface area contributed by atoms with E-state index in [0.29, 0.717) is 0 Å². The Morgan fingerprint density at radius 3 is 2.55 bits per heavy atom. The molecule has 0 bridgehead atoms. The van der Waals surface area contributed by atoms with Gasteiger partial charge in [0.15, 0.2) is 0 Å². The van der Waals surface area contributed by atoms with Crippen LogP contribution in [0.2, 0.25) is 0 Å². The SMILES string of the molecule is CC1CCCCN1C(=O)NC(C)(C)c1ccc(F)cc1. The van der Waals surface area contributed by atoms with Crippen molar-refractivity contribution >= 4 is 6.03 Å². The average molecular weight is 278 g/mol. The third kappa shape index (κ3) is 3.30. The molecule has 0 aliphatic carbocycles. The van der Waals surface area contributed by atoms with Gasteiger partial charge in [-0.25, -0.2) is 9.18 Å². The molecular formula is C16H23FN2O. The smallest absolute Gasteiger partial charge is 0.318 e. The lowest BCUT2D eigenvalue weighted by molar-refractivity contribution is 0.149. The summed E-state index contributed by atoms with van der Waals surface area (Å²) in [6.07, 6.45) is 3.31. The number of amides is 2. The number of likely N-dealkylation sites (tertiary alicyclic amines) is 1. The van der Waals surface area contributed by atoms with Gasteiger partial charge in [0.25, 0.3) is 0 Å². The molecule has 20 heavy (non-hydrogen) atoms. The van der Waals surface area contributed by atoms with E-state index in [1.807, 2.05) is 18.7 Å². The second-order valence-electron chi connectivity index (χ2n) is 6.10. The van der Waals surface area contributed by atoms with Gasteiger partial charge in [0.1, 0.15) is 5.82 Å². The molecule has 1 aliphatic heterocycles. The molecule has 0 aromatic heterocycles. The van der Waals surface area contributed by atoms with Crippen LogP contribution in [0.1, 0.15) is 45.6 Å². The standard InChI is InChI=1S/C16H23FN2O/c1-12-6-4-5-11-19(12)15(20)18-16(2,3)13-7-9-14(17)10-8-13/h7-10,12H,4-6,11H2,1-3H3,(H,18,20). The Labute approximate surface area is 120 Å². The summed E-state index contributed by atoms with van der Waals surface area (Å²) in [5, 5.41) is 3.06. The summed E-state index contributed by atoms with van der Waals surface area (Å²) in [6.45, 7) is 6.77. The van der Waals surface area contributed by atoms with Gasteiger partial charge in [-0.05, 0) is 57.7 Å². The van der Waals surface area contributed by atoms with E-state index in [9.17, 15) is 9.18 Å². The molecule has 1 saturated heterocycles. The van der Waals surface area contributed by atoms with Crippen LogP contribution in [0.4, 0.5) is 9.18 Å². The zero-order valence-electron chi connectivity index (χ0n) is 12.4. The largest absolute Gasteiger partial charge is 0.329 e. The molecule has 2 amide bonds. The second kappa shape index (κ2) is 5.81. The number of piperidine rings is 1. The number of halogens is 1. The number of hydrogen-bond acceptors (Lipinski definition) is 1. The molecular weight excluding hydrogens is 255 g/mol. The average Bonchev–Trinajstić information content (AvgIpc) is 2.39. The quantitative estimate of drug-likeness (QED) is 0.880. The van der Waals surface area contributed by atoms with Crippen LogP contribution in [0.15, 0.2) is 24.3 Å². The van der Waals surface area contributed by atoms with Crippen LogP contribution in [0, 0.1) is 5.82 Å². The van der Waals surface area contributed by atoms with Crippen LogP contribution in [0.25, 0.3) is 0 Å². The Bertz CT molecular complexity index is 470. The molecule has 1 N–H and O–H groups in total. The number of nitrogens with one attached hydrogen (secondary N) is 1. The van der Waals surface area contributed by atoms with Gasteiger partial charge in [0, 0.05) is 12.6 Å². The summed E-state index contributed by atoms with van der Waals surface area (Å²) in [5.74, 6) is -0.263. The molecule has 3 nitrogen and oxygen atoms in total. The molecule has 1 fully saturated rings. The molecule has 2 rings (SSSR count). The van der Waals surface area contributed by atoms with E-state index >= 15 is 0 Å². The predicted molar refractivity (Wildman–Crippen MR) is 78.0 cm³/mol. The summed E-state index contributed by atoms with van der Waals surface area (Å²) < 4.78 is 13.0. The fourth-order valence-corrected chi connectivity index (χ4v) is 2.68. The number of carbonyl (C=O) groups is 1. The highest BCUT2D eigenvalue weighted by Gasteiger charge is 2.29. The fraction of sp³-hybridized carbons (Fsp3) is 0.562. The van der Waals surface area contributed by atoms with E-state index in [1.165, 1.54) is 18.6 Å². The third-order valence-corrected chi connectivity index (χ3v) is 4.05. The highest BCUT2D eigenvalue weighted by atomic mass is 19.1. The number of urea groups is 1. The summed E-state index contributed by atoms with van der Waals surface area (Å²) >= 11 is 0. The molecule has 110 valence electrons. The van der Waals surface area contributed by atoms with E-state index in [1.54, 1.807) is 12.1 Å². The molecule has 4 heteroatoms. The second-order valence-corrected chi connectivity index (χ2v) is 6.10. The molecule has 1 atom stereocenters. The minimum Gasteiger partial charge on any atom is -0.329 e. The number of benzene rings is 1. The van der Waals surface area contributed by atoms with Gasteiger partial charge in [-0.3, -0.25) is 0 Å². The Morgan fingerprint density at radius 2 is 1.95 bits per heavy atom. The Kier molecular flexibility index (Phi) is 4.31. The van der Waals surface area contributed by atoms with Gasteiger partial charge in [0.05, 0.1) is 5.54 Å². The van der Waals surface area contributed by atoms with Crippen molar-refractivity contribution in [3.63, 3.8) is 0 Å². The molecule has 1 aromatic rings. The monoisotopic (exact) mass is 278 g/mol. The minimum absolute atomic E-state index is 0.0356. The highest BCUT2D eigenvalue weighted by molar-refractivity contribution is 5.75. The van der Waals surface area contributed by atoms with Crippen molar-refractivity contribution in [3.8, 4) is 0 Å². The van der Waals surface area contributed by atoms with Gasteiger partial charge in [-0.1, -0.05) is 12.1 Å². The first-order chi connectivity index (χ1) is 9.40. The summed E-state index contributed by atoms with van der Waals surface area (Å²) in [7, 11) is 0. The van der Waals surface area contributed by atoms with Crippen molar-refractivity contribution in [1.82, 2.24) is 10.2 Å². The van der Waals surface area contributed by atoms with Gasteiger partial charge in [-0.2, -0.15) is 0 Å². The van der Waals surface area contributed by atoms with Crippen molar-refractivity contribution in [2.45, 2.75) is 51.6 Å². The van der Waals surface area contributed by atoms with Gasteiger partial charge < -0.3 is 10.2 Å². The lowest BCUT2D eigenvalue weighted by Crippen LogP contribution is -2.52. The number of carbonyl (C=O) groups excluding carboxylic acids is 1. The van der Waals surface area contributed by atoms with E-state index in [-0.39, 0.29) is 17.9 Å². The lowest BCUT2D eigenvalue weighted by atomic mass is 9.94. The van der Waals surface area contributed by atoms with Crippen LogP contribution >= 0.6 is 0 Å². The molecule has 1 aromatic carbocycles. The van der Waals surface area contributed by atoms with E-state index in [2.05, 4.69) is 12.2 Å². The number of rotatable bonds is 2. The molecule has 1 heterocycles. The lowest BCUT2D eigenvalue weighted by Gasteiger charge is -2.37. The van der Waals surface area contributed by atoms with Crippen LogP contribution in [-0.4, -0.2) is 23.5 Å². The molecule has 0 spiro atoms. The maximum Gasteiger partial charge on any atom is 0.318 e. The maximum absolute atomic E-state index is 13.0. The number of nitrogens with zero attached hydrogens (tertiary/aromatic N) is 1. The molecule has 0 radical (unpaired) electrons. The zero-order valence-corrected chi connectivity index (χ0v) is 12.4. The van der Waals surface area contributed by atoms with Crippen LogP contribution < -0.4 is 5.32 Å². The fourth-order valence-electron chi connectivity index (χ4n) is 2.68. The van der Waals surface area contributed by atoms with Crippen molar-refractivity contribution in [3.05, 3.63) is 35.6 Å². The zero-order chi connectivity index (χ0) is 14.8. The van der Waals surface area contributed by atoms with Gasteiger partial charge in [-0.15, -0.1) is 0 Å². The third-order valence-electron chi connectivity index (χ3n) is 4.05. The van der Waals surface area contributed by atoms with E-state index < -0.39 is 5.54 Å². The molecule has 1 aliphatic rings. The molecule has 0 saturated carbocycles. The summed E-state index contributed by atoms with van der Waals surface area (Å²) in [6, 6.07) is 6.53. The van der Waals surface area contributed by atoms with Crippen molar-refractivity contribution in [1.29, 1.82) is 0 Å².